The van der Waals surface area contributed by atoms with Crippen LogP contribution in [0.2, 0.25) is 0 Å². The summed E-state index contributed by atoms with van der Waals surface area (Å²) in [6.07, 6.45) is 1.23. The van der Waals surface area contributed by atoms with Gasteiger partial charge < -0.3 is 4.90 Å². The summed E-state index contributed by atoms with van der Waals surface area (Å²) >= 11 is 1.04. The van der Waals surface area contributed by atoms with Crippen molar-refractivity contribution >= 4 is 28.5 Å². The average Bonchev–Trinajstić information content (AvgIpc) is 3.07. The van der Waals surface area contributed by atoms with Crippen molar-refractivity contribution in [2.75, 3.05) is 7.05 Å². The minimum Gasteiger partial charge on any atom is -0.360 e. The Morgan fingerprint density at radius 3 is 2.68 bits per heavy atom. The Balaban J connectivity index is 1.92. The number of alkyl halides is 3. The fraction of sp³-hybridized carbons (Fsp3) is 0.600. The van der Waals surface area contributed by atoms with Crippen molar-refractivity contribution in [3.63, 3.8) is 0 Å². The lowest BCUT2D eigenvalue weighted by atomic mass is 10.2. The molecule has 1 aliphatic carbocycles. The molecular weight excluding hydrogens is 311 g/mol. The summed E-state index contributed by atoms with van der Waals surface area (Å²) in [5, 5.41) is 0.541. The molecule has 22 heavy (non-hydrogen) atoms. The van der Waals surface area contributed by atoms with E-state index in [1.807, 2.05) is 14.0 Å². The van der Waals surface area contributed by atoms with E-state index < -0.39 is 12.6 Å². The molecule has 2 rings (SSSR count). The summed E-state index contributed by atoms with van der Waals surface area (Å²) in [5.74, 6) is 0.878. The number of halogens is 3. The number of rotatable bonds is 4. The smallest absolute Gasteiger partial charge is 0.360 e. The maximum absolute atomic E-state index is 12.3. The van der Waals surface area contributed by atoms with E-state index in [0.717, 1.165) is 17.2 Å². The monoisotopic (exact) mass is 331 g/mol. The number of thiophene rings is 1. The zero-order chi connectivity index (χ0) is 16.2. The van der Waals surface area contributed by atoms with Crippen LogP contribution in [0.3, 0.4) is 0 Å². The minimum absolute atomic E-state index is 0.267. The van der Waals surface area contributed by atoms with Crippen LogP contribution in [-0.2, 0) is 6.42 Å². The van der Waals surface area contributed by atoms with E-state index in [1.165, 1.54) is 38.1 Å². The molecule has 0 N–H and O–H groups in total. The first kappa shape index (κ1) is 17.0. The highest BCUT2D eigenvalue weighted by molar-refractivity contribution is 7.15. The Bertz CT molecular complexity index is 542. The minimum atomic E-state index is -4.18. The Morgan fingerprint density at radius 1 is 1.36 bits per heavy atom. The summed E-state index contributed by atoms with van der Waals surface area (Å²) < 4.78 is 36.9. The van der Waals surface area contributed by atoms with Crippen LogP contribution in [-0.4, -0.2) is 36.3 Å². The topological polar surface area (TPSA) is 28.0 Å². The van der Waals surface area contributed by atoms with E-state index in [4.69, 9.17) is 0 Å². The van der Waals surface area contributed by atoms with Gasteiger partial charge in [0, 0.05) is 18.0 Å². The summed E-state index contributed by atoms with van der Waals surface area (Å²) in [6.45, 7) is 1.92. The van der Waals surface area contributed by atoms with Gasteiger partial charge in [0.15, 0.2) is 0 Å². The van der Waals surface area contributed by atoms with Gasteiger partial charge in [-0.15, -0.1) is 11.3 Å². The predicted molar refractivity (Wildman–Crippen MR) is 85.4 cm³/mol. The van der Waals surface area contributed by atoms with Crippen molar-refractivity contribution in [2.24, 2.45) is 9.98 Å². The van der Waals surface area contributed by atoms with Crippen LogP contribution in [0.4, 0.5) is 18.2 Å². The van der Waals surface area contributed by atoms with Crippen LogP contribution in [0.1, 0.15) is 37.5 Å². The molecule has 0 atom stereocenters. The summed E-state index contributed by atoms with van der Waals surface area (Å²) in [6, 6.07) is 3.59. The average molecular weight is 331 g/mol. The van der Waals surface area contributed by atoms with Crippen LogP contribution in [0.5, 0.6) is 0 Å². The lowest BCUT2D eigenvalue weighted by Crippen LogP contribution is -2.33. The van der Waals surface area contributed by atoms with Gasteiger partial charge in [-0.05, 0) is 31.9 Å². The highest BCUT2D eigenvalue weighted by Crippen LogP contribution is 2.30. The molecule has 122 valence electrons. The van der Waals surface area contributed by atoms with Crippen LogP contribution in [0.15, 0.2) is 22.1 Å². The number of nitrogens with zero attached hydrogens (tertiary/aromatic N) is 3. The molecule has 0 saturated heterocycles. The second kappa shape index (κ2) is 7.26. The lowest BCUT2D eigenvalue weighted by Gasteiger charge is -2.25. The Labute approximate surface area is 132 Å². The van der Waals surface area contributed by atoms with Crippen LogP contribution in [0.25, 0.3) is 0 Å². The third-order valence-electron chi connectivity index (χ3n) is 3.83. The number of hydrogen-bond acceptors (Lipinski definition) is 2. The molecule has 0 radical (unpaired) electrons. The largest absolute Gasteiger partial charge is 0.393 e. The van der Waals surface area contributed by atoms with Crippen LogP contribution >= 0.6 is 11.3 Å². The summed E-state index contributed by atoms with van der Waals surface area (Å²) in [5.41, 5.74) is 0. The molecule has 1 aromatic heterocycles. The van der Waals surface area contributed by atoms with Crippen LogP contribution < -0.4 is 0 Å². The van der Waals surface area contributed by atoms with Gasteiger partial charge in [0.1, 0.15) is 17.2 Å². The fourth-order valence-electron chi connectivity index (χ4n) is 2.54. The van der Waals surface area contributed by atoms with Gasteiger partial charge in [-0.3, -0.25) is 0 Å². The zero-order valence-corrected chi connectivity index (χ0v) is 13.5. The normalized spacial score (nSPS) is 17.6. The summed E-state index contributed by atoms with van der Waals surface area (Å²) in [4.78, 5) is 10.8. The molecule has 1 aromatic rings. The van der Waals surface area contributed by atoms with E-state index in [9.17, 15) is 13.2 Å². The van der Waals surface area contributed by atoms with E-state index in [-0.39, 0.29) is 4.88 Å². The fourth-order valence-corrected chi connectivity index (χ4v) is 3.42. The van der Waals surface area contributed by atoms with Gasteiger partial charge >= 0.3 is 6.18 Å². The SMILES string of the molecule is CC(=NC=Nc1ccc(CC(F)(F)F)s1)N(C)C1CCCC1. The predicted octanol–water partition coefficient (Wildman–Crippen LogP) is 4.81. The molecule has 0 aromatic carbocycles. The quantitative estimate of drug-likeness (QED) is 0.575. The highest BCUT2D eigenvalue weighted by atomic mass is 32.1. The lowest BCUT2D eigenvalue weighted by molar-refractivity contribution is -0.126. The van der Waals surface area contributed by atoms with Gasteiger partial charge in [-0.1, -0.05) is 12.8 Å². The second-order valence-electron chi connectivity index (χ2n) is 5.50. The Kier molecular flexibility index (Phi) is 5.61. The highest BCUT2D eigenvalue weighted by Gasteiger charge is 2.28. The molecule has 0 aliphatic heterocycles. The molecule has 7 heteroatoms. The van der Waals surface area contributed by atoms with Gasteiger partial charge in [0.2, 0.25) is 0 Å². The van der Waals surface area contributed by atoms with E-state index >= 15 is 0 Å². The first-order valence-corrected chi connectivity index (χ1v) is 8.12. The molecule has 3 nitrogen and oxygen atoms in total. The van der Waals surface area contributed by atoms with E-state index in [2.05, 4.69) is 14.9 Å². The van der Waals surface area contributed by atoms with Gasteiger partial charge in [0.05, 0.1) is 6.42 Å². The molecule has 0 amide bonds. The first-order valence-electron chi connectivity index (χ1n) is 7.30. The Hall–Kier alpha value is -1.37. The van der Waals surface area contributed by atoms with Gasteiger partial charge in [-0.25, -0.2) is 9.98 Å². The van der Waals surface area contributed by atoms with Crippen molar-refractivity contribution in [3.8, 4) is 0 Å². The van der Waals surface area contributed by atoms with Crippen molar-refractivity contribution in [3.05, 3.63) is 17.0 Å². The third-order valence-corrected chi connectivity index (χ3v) is 4.83. The molecule has 1 fully saturated rings. The second-order valence-corrected chi connectivity index (χ2v) is 6.65. The maximum atomic E-state index is 12.3. The molecule has 1 aliphatic rings. The zero-order valence-electron chi connectivity index (χ0n) is 12.7. The number of aliphatic imine (C=N–C) groups is 2. The Morgan fingerprint density at radius 2 is 2.05 bits per heavy atom. The van der Waals surface area contributed by atoms with Crippen molar-refractivity contribution in [1.82, 2.24) is 4.90 Å². The molecular formula is C15H20F3N3S. The van der Waals surface area contributed by atoms with Gasteiger partial charge in [0.25, 0.3) is 0 Å². The first-order chi connectivity index (χ1) is 10.3. The van der Waals surface area contributed by atoms with Crippen LogP contribution in [0, 0.1) is 0 Å². The van der Waals surface area contributed by atoms with Crippen molar-refractivity contribution in [1.29, 1.82) is 0 Å². The molecule has 1 heterocycles. The maximum Gasteiger partial charge on any atom is 0.393 e. The van der Waals surface area contributed by atoms with Crippen molar-refractivity contribution in [2.45, 2.75) is 51.2 Å². The van der Waals surface area contributed by atoms with Crippen molar-refractivity contribution < 1.29 is 13.2 Å². The molecule has 0 spiro atoms. The third kappa shape index (κ3) is 5.12. The molecule has 0 unspecified atom stereocenters. The summed E-state index contributed by atoms with van der Waals surface area (Å²) in [7, 11) is 2.02. The van der Waals surface area contributed by atoms with E-state index in [1.54, 1.807) is 6.07 Å². The molecule has 1 saturated carbocycles. The van der Waals surface area contributed by atoms with Gasteiger partial charge in [-0.2, -0.15) is 13.2 Å². The molecule has 0 bridgehead atoms. The number of hydrogen-bond donors (Lipinski definition) is 0. The van der Waals surface area contributed by atoms with E-state index in [0.29, 0.717) is 11.0 Å². The standard InChI is InChI=1S/C15H20F3N3S/c1-11(21(2)12-5-3-4-6-12)19-10-20-14-8-7-13(22-14)9-15(16,17)18/h7-8,10,12H,3-6,9H2,1-2H3. The number of amidine groups is 1.